The molecule has 3 nitrogen and oxygen atoms in total. The zero-order valence-electron chi connectivity index (χ0n) is 11.4. The number of anilines is 1. The SMILES string of the molecule is Cc1cc2ccccc2nc1NCC[C@H]1CCCN1. The molecule has 3 rings (SSSR count). The number of fused-ring (bicyclic) bond motifs is 1. The molecule has 0 unspecified atom stereocenters. The predicted molar refractivity (Wildman–Crippen MR) is 80.6 cm³/mol. The third kappa shape index (κ3) is 2.87. The van der Waals surface area contributed by atoms with Crippen molar-refractivity contribution in [2.75, 3.05) is 18.4 Å². The minimum atomic E-state index is 0.688. The molecule has 1 aromatic heterocycles. The molecule has 0 bridgehead atoms. The Balaban J connectivity index is 1.67. The molecule has 0 aliphatic carbocycles. The molecule has 0 saturated carbocycles. The number of aryl methyl sites for hydroxylation is 1. The van der Waals surface area contributed by atoms with Crippen LogP contribution in [0, 0.1) is 6.92 Å². The van der Waals surface area contributed by atoms with Crippen LogP contribution < -0.4 is 10.6 Å². The Morgan fingerprint density at radius 2 is 2.26 bits per heavy atom. The third-order valence-corrected chi connectivity index (χ3v) is 3.86. The highest BCUT2D eigenvalue weighted by Gasteiger charge is 2.13. The lowest BCUT2D eigenvalue weighted by molar-refractivity contribution is 0.574. The van der Waals surface area contributed by atoms with Crippen molar-refractivity contribution in [3.63, 3.8) is 0 Å². The maximum Gasteiger partial charge on any atom is 0.129 e. The van der Waals surface area contributed by atoms with Gasteiger partial charge < -0.3 is 10.6 Å². The Bertz CT molecular complexity index is 559. The first kappa shape index (κ1) is 12.4. The van der Waals surface area contributed by atoms with Crippen LogP contribution in [-0.4, -0.2) is 24.1 Å². The van der Waals surface area contributed by atoms with Crippen molar-refractivity contribution >= 4 is 16.7 Å². The molecule has 2 aromatic rings. The summed E-state index contributed by atoms with van der Waals surface area (Å²) in [4.78, 5) is 4.71. The van der Waals surface area contributed by atoms with Crippen LogP contribution in [0.5, 0.6) is 0 Å². The van der Waals surface area contributed by atoms with Gasteiger partial charge in [0.25, 0.3) is 0 Å². The van der Waals surface area contributed by atoms with E-state index in [2.05, 4.69) is 41.8 Å². The van der Waals surface area contributed by atoms with Crippen molar-refractivity contribution < 1.29 is 0 Å². The summed E-state index contributed by atoms with van der Waals surface area (Å²) in [5.74, 6) is 1.02. The summed E-state index contributed by atoms with van der Waals surface area (Å²) in [6.07, 6.45) is 3.80. The van der Waals surface area contributed by atoms with Gasteiger partial charge in [0, 0.05) is 18.0 Å². The molecule has 19 heavy (non-hydrogen) atoms. The van der Waals surface area contributed by atoms with Gasteiger partial charge >= 0.3 is 0 Å². The molecular formula is C16H21N3. The second kappa shape index (κ2) is 5.57. The van der Waals surface area contributed by atoms with Gasteiger partial charge in [-0.05, 0) is 50.4 Å². The van der Waals surface area contributed by atoms with Crippen LogP contribution >= 0.6 is 0 Å². The van der Waals surface area contributed by atoms with E-state index in [9.17, 15) is 0 Å². The number of nitrogens with one attached hydrogen (secondary N) is 2. The number of rotatable bonds is 4. The van der Waals surface area contributed by atoms with Crippen LogP contribution in [0.3, 0.4) is 0 Å². The van der Waals surface area contributed by atoms with E-state index >= 15 is 0 Å². The number of aromatic nitrogens is 1. The van der Waals surface area contributed by atoms with Gasteiger partial charge in [-0.25, -0.2) is 4.98 Å². The molecule has 1 aromatic carbocycles. The Morgan fingerprint density at radius 1 is 1.37 bits per heavy atom. The molecule has 1 atom stereocenters. The average Bonchev–Trinajstić information content (AvgIpc) is 2.92. The van der Waals surface area contributed by atoms with Crippen molar-refractivity contribution in [3.8, 4) is 0 Å². The lowest BCUT2D eigenvalue weighted by Crippen LogP contribution is -2.24. The number of pyridine rings is 1. The van der Waals surface area contributed by atoms with Crippen LogP contribution in [0.2, 0.25) is 0 Å². The van der Waals surface area contributed by atoms with Gasteiger partial charge in [-0.1, -0.05) is 18.2 Å². The van der Waals surface area contributed by atoms with E-state index in [0.29, 0.717) is 6.04 Å². The quantitative estimate of drug-likeness (QED) is 0.881. The van der Waals surface area contributed by atoms with Crippen LogP contribution in [0.15, 0.2) is 30.3 Å². The van der Waals surface area contributed by atoms with Crippen LogP contribution in [0.4, 0.5) is 5.82 Å². The Labute approximate surface area is 114 Å². The summed E-state index contributed by atoms with van der Waals surface area (Å²) in [5, 5.41) is 8.22. The number of benzene rings is 1. The minimum Gasteiger partial charge on any atom is -0.370 e. The minimum absolute atomic E-state index is 0.688. The summed E-state index contributed by atoms with van der Waals surface area (Å²) in [5.41, 5.74) is 2.28. The van der Waals surface area contributed by atoms with E-state index in [1.807, 2.05) is 6.07 Å². The fourth-order valence-electron chi connectivity index (χ4n) is 2.77. The number of hydrogen-bond donors (Lipinski definition) is 2. The molecule has 1 aliphatic heterocycles. The zero-order valence-corrected chi connectivity index (χ0v) is 11.4. The van der Waals surface area contributed by atoms with E-state index in [-0.39, 0.29) is 0 Å². The maximum atomic E-state index is 4.71. The second-order valence-electron chi connectivity index (χ2n) is 5.36. The molecule has 2 N–H and O–H groups in total. The Hall–Kier alpha value is -1.61. The summed E-state index contributed by atoms with van der Waals surface area (Å²) >= 11 is 0. The van der Waals surface area contributed by atoms with Crippen LogP contribution in [0.25, 0.3) is 10.9 Å². The first-order valence-corrected chi connectivity index (χ1v) is 7.16. The largest absolute Gasteiger partial charge is 0.370 e. The molecule has 1 aliphatic rings. The average molecular weight is 255 g/mol. The molecular weight excluding hydrogens is 234 g/mol. The van der Waals surface area contributed by atoms with Crippen molar-refractivity contribution in [1.82, 2.24) is 10.3 Å². The van der Waals surface area contributed by atoms with Gasteiger partial charge in [0.15, 0.2) is 0 Å². The van der Waals surface area contributed by atoms with Crippen molar-refractivity contribution in [2.45, 2.75) is 32.2 Å². The third-order valence-electron chi connectivity index (χ3n) is 3.86. The second-order valence-corrected chi connectivity index (χ2v) is 5.36. The molecule has 2 heterocycles. The Kier molecular flexibility index (Phi) is 3.65. The van der Waals surface area contributed by atoms with Gasteiger partial charge in [-0.3, -0.25) is 0 Å². The van der Waals surface area contributed by atoms with Crippen molar-refractivity contribution in [1.29, 1.82) is 0 Å². The summed E-state index contributed by atoms with van der Waals surface area (Å²) < 4.78 is 0. The molecule has 1 saturated heterocycles. The van der Waals surface area contributed by atoms with E-state index in [1.165, 1.54) is 36.8 Å². The number of para-hydroxylation sites is 1. The normalized spacial score (nSPS) is 18.9. The topological polar surface area (TPSA) is 37.0 Å². The molecule has 0 spiro atoms. The van der Waals surface area contributed by atoms with Crippen LogP contribution in [0.1, 0.15) is 24.8 Å². The Morgan fingerprint density at radius 3 is 3.11 bits per heavy atom. The van der Waals surface area contributed by atoms with Crippen molar-refractivity contribution in [2.24, 2.45) is 0 Å². The monoisotopic (exact) mass is 255 g/mol. The highest BCUT2D eigenvalue weighted by atomic mass is 15.0. The summed E-state index contributed by atoms with van der Waals surface area (Å²) in [7, 11) is 0. The highest BCUT2D eigenvalue weighted by molar-refractivity contribution is 5.81. The molecule has 1 fully saturated rings. The first-order chi connectivity index (χ1) is 9.33. The highest BCUT2D eigenvalue weighted by Crippen LogP contribution is 2.19. The maximum absolute atomic E-state index is 4.71. The van der Waals surface area contributed by atoms with Crippen LogP contribution in [-0.2, 0) is 0 Å². The van der Waals surface area contributed by atoms with E-state index in [0.717, 1.165) is 17.9 Å². The molecule has 3 heteroatoms. The van der Waals surface area contributed by atoms with E-state index < -0.39 is 0 Å². The smallest absolute Gasteiger partial charge is 0.129 e. The van der Waals surface area contributed by atoms with E-state index in [4.69, 9.17) is 4.98 Å². The predicted octanol–water partition coefficient (Wildman–Crippen LogP) is 3.10. The zero-order chi connectivity index (χ0) is 13.1. The lowest BCUT2D eigenvalue weighted by Gasteiger charge is -2.13. The summed E-state index contributed by atoms with van der Waals surface area (Å²) in [6, 6.07) is 11.2. The van der Waals surface area contributed by atoms with Gasteiger partial charge in [0.2, 0.25) is 0 Å². The lowest BCUT2D eigenvalue weighted by atomic mass is 10.1. The van der Waals surface area contributed by atoms with Gasteiger partial charge in [0.1, 0.15) is 5.82 Å². The standard InChI is InChI=1S/C16H21N3/c1-12-11-13-5-2-3-7-15(13)19-16(12)18-10-8-14-6-4-9-17-14/h2-3,5,7,11,14,17H,4,6,8-10H2,1H3,(H,18,19)/t14-/m1/s1. The fraction of sp³-hybridized carbons (Fsp3) is 0.438. The van der Waals surface area contributed by atoms with E-state index in [1.54, 1.807) is 0 Å². The number of nitrogens with zero attached hydrogens (tertiary/aromatic N) is 1. The number of hydrogen-bond acceptors (Lipinski definition) is 3. The van der Waals surface area contributed by atoms with Gasteiger partial charge in [0.05, 0.1) is 5.52 Å². The first-order valence-electron chi connectivity index (χ1n) is 7.16. The fourth-order valence-corrected chi connectivity index (χ4v) is 2.77. The van der Waals surface area contributed by atoms with Gasteiger partial charge in [-0.15, -0.1) is 0 Å². The van der Waals surface area contributed by atoms with Gasteiger partial charge in [-0.2, -0.15) is 0 Å². The van der Waals surface area contributed by atoms with Crippen molar-refractivity contribution in [3.05, 3.63) is 35.9 Å². The molecule has 100 valence electrons. The summed E-state index contributed by atoms with van der Waals surface area (Å²) in [6.45, 7) is 4.29. The molecule has 0 radical (unpaired) electrons. The molecule has 0 amide bonds.